The summed E-state index contributed by atoms with van der Waals surface area (Å²) < 4.78 is 41.1. The van der Waals surface area contributed by atoms with Gasteiger partial charge in [0, 0.05) is 50.1 Å². The summed E-state index contributed by atoms with van der Waals surface area (Å²) in [7, 11) is 2.42. The Morgan fingerprint density at radius 2 is 1.18 bits per heavy atom. The number of benzene rings is 2. The summed E-state index contributed by atoms with van der Waals surface area (Å²) in [6, 6.07) is 19.8. The number of ether oxygens (including phenoxy) is 3. The maximum absolute atomic E-state index is 13.9. The molecule has 0 spiro atoms. The van der Waals surface area contributed by atoms with Gasteiger partial charge in [-0.3, -0.25) is 9.80 Å². The third kappa shape index (κ3) is 9.58. The molecule has 364 valence electrons. The first kappa shape index (κ1) is 51.9. The van der Waals surface area contributed by atoms with Crippen molar-refractivity contribution in [2.24, 2.45) is 10.8 Å². The van der Waals surface area contributed by atoms with Gasteiger partial charge in [-0.05, 0) is 111 Å². The first-order valence-electron chi connectivity index (χ1n) is 23.8. The van der Waals surface area contributed by atoms with Gasteiger partial charge in [0.05, 0.1) is 36.6 Å². The van der Waals surface area contributed by atoms with Gasteiger partial charge in [0.2, 0.25) is 0 Å². The molecule has 0 aliphatic carbocycles. The molecule has 1 amide bonds. The largest absolute Gasteiger partial charge is 0.468 e. The van der Waals surface area contributed by atoms with E-state index in [9.17, 15) is 14.4 Å². The molecule has 2 N–H and O–H groups in total. The quantitative estimate of drug-likeness (QED) is 0.111. The summed E-state index contributed by atoms with van der Waals surface area (Å²) in [5.74, 6) is -0.515. The molecule has 0 saturated carbocycles. The summed E-state index contributed by atoms with van der Waals surface area (Å²) in [6.45, 7) is 21.3. The fraction of sp³-hybridized carbons (Fsp3) is 0.700. The Bertz CT molecular complexity index is 1950. The molecule has 6 saturated heterocycles. The van der Waals surface area contributed by atoms with E-state index in [1.54, 1.807) is 4.90 Å². The minimum atomic E-state index is -1.14. The molecule has 4 unspecified atom stereocenters. The number of carbonyl (C=O) groups excluding carboxylic acids is 3. The second-order valence-electron chi connectivity index (χ2n) is 21.3. The van der Waals surface area contributed by atoms with Crippen molar-refractivity contribution in [3.63, 3.8) is 0 Å². The molecule has 0 radical (unpaired) electrons. The van der Waals surface area contributed by atoms with E-state index in [0.717, 1.165) is 62.6 Å². The van der Waals surface area contributed by atoms with Gasteiger partial charge in [-0.2, -0.15) is 0 Å². The first-order chi connectivity index (χ1) is 30.7. The number of hydrogen-bond acceptors (Lipinski definition) is 13. The topological polar surface area (TPSA) is 146 Å². The zero-order chi connectivity index (χ0) is 46.9. The van der Waals surface area contributed by atoms with E-state index in [0.29, 0.717) is 45.5 Å². The van der Waals surface area contributed by atoms with Gasteiger partial charge >= 0.3 is 32.3 Å². The Balaban J connectivity index is 0.000000245. The molecule has 0 aromatic heterocycles. The Kier molecular flexibility index (Phi) is 15.6. The van der Waals surface area contributed by atoms with Gasteiger partial charge in [-0.1, -0.05) is 80.9 Å². The highest BCUT2D eigenvalue weighted by molar-refractivity contribution is 6.45. The lowest BCUT2D eigenvalue weighted by molar-refractivity contribution is -0.157. The van der Waals surface area contributed by atoms with Crippen molar-refractivity contribution in [1.82, 2.24) is 20.4 Å². The molecule has 0 bridgehead atoms. The maximum Gasteiger partial charge on any atom is 0.457 e. The van der Waals surface area contributed by atoms with E-state index < -0.39 is 33.8 Å². The number of esters is 2. The number of likely N-dealkylation sites (tertiary alicyclic amines) is 2. The minimum absolute atomic E-state index is 0. The van der Waals surface area contributed by atoms with Crippen LogP contribution in [0.1, 0.15) is 112 Å². The van der Waals surface area contributed by atoms with E-state index in [2.05, 4.69) is 83.1 Å². The molecule has 16 heteroatoms. The number of nitrogens with zero attached hydrogens (tertiary/aromatic N) is 2. The van der Waals surface area contributed by atoms with Gasteiger partial charge in [0.25, 0.3) is 0 Å². The van der Waals surface area contributed by atoms with Crippen molar-refractivity contribution in [3.05, 3.63) is 71.8 Å². The number of rotatable bonds is 14. The highest BCUT2D eigenvalue weighted by Crippen LogP contribution is 2.56. The average Bonchev–Trinajstić information content (AvgIpc) is 4.05. The monoisotopic (exact) mass is 917 g/mol. The van der Waals surface area contributed by atoms with Crippen LogP contribution >= 0.6 is 0 Å². The number of fused-ring (bicyclic) bond motifs is 2. The Morgan fingerprint density at radius 3 is 1.71 bits per heavy atom. The fourth-order valence-electron chi connectivity index (χ4n) is 11.5. The molecule has 4 atom stereocenters. The molecular formula is C50H78B2N4O10. The van der Waals surface area contributed by atoms with Crippen molar-refractivity contribution < 1.29 is 47.2 Å². The molecule has 6 aliphatic heterocycles. The summed E-state index contributed by atoms with van der Waals surface area (Å²) in [4.78, 5) is 43.9. The van der Waals surface area contributed by atoms with Gasteiger partial charge < -0.3 is 43.5 Å². The first-order valence-corrected chi connectivity index (χ1v) is 23.8. The highest BCUT2D eigenvalue weighted by Gasteiger charge is 2.70. The number of nitrogens with one attached hydrogen (secondary N) is 2. The van der Waals surface area contributed by atoms with Crippen LogP contribution in [-0.2, 0) is 55.6 Å². The van der Waals surface area contributed by atoms with E-state index in [-0.39, 0.29) is 56.8 Å². The van der Waals surface area contributed by atoms with Crippen molar-refractivity contribution in [3.8, 4) is 0 Å². The lowest BCUT2D eigenvalue weighted by Crippen LogP contribution is -2.62. The molecule has 8 rings (SSSR count). The predicted octanol–water partition coefficient (Wildman–Crippen LogP) is 7.30. The van der Waals surface area contributed by atoms with Crippen LogP contribution in [0.15, 0.2) is 60.7 Å². The molecule has 6 aliphatic rings. The smallest absolute Gasteiger partial charge is 0.457 e. The summed E-state index contributed by atoms with van der Waals surface area (Å²) >= 11 is 0. The van der Waals surface area contributed by atoms with Gasteiger partial charge in [-0.25, -0.2) is 14.4 Å². The predicted molar refractivity (Wildman–Crippen MR) is 256 cm³/mol. The minimum Gasteiger partial charge on any atom is -0.468 e. The van der Waals surface area contributed by atoms with Crippen molar-refractivity contribution in [2.75, 3.05) is 53.5 Å². The molecule has 14 nitrogen and oxygen atoms in total. The number of amides is 1. The Morgan fingerprint density at radius 1 is 0.667 bits per heavy atom. The van der Waals surface area contributed by atoms with Crippen LogP contribution in [0.25, 0.3) is 0 Å². The molecule has 6 fully saturated rings. The highest BCUT2D eigenvalue weighted by atomic mass is 16.7. The fourth-order valence-corrected chi connectivity index (χ4v) is 11.5. The second kappa shape index (κ2) is 19.8. The van der Waals surface area contributed by atoms with Gasteiger partial charge in [0.1, 0.15) is 12.1 Å². The molecule has 2 aromatic rings. The van der Waals surface area contributed by atoms with Crippen LogP contribution in [0.4, 0.5) is 4.79 Å². The van der Waals surface area contributed by atoms with E-state index >= 15 is 0 Å². The lowest BCUT2D eigenvalue weighted by atomic mass is 9.67. The van der Waals surface area contributed by atoms with E-state index in [4.69, 9.17) is 32.8 Å². The number of carbonyl (C=O) groups is 3. The molecule has 66 heavy (non-hydrogen) atoms. The summed E-state index contributed by atoms with van der Waals surface area (Å²) in [5, 5.41) is 6.83. The molecule has 6 heterocycles. The lowest BCUT2D eigenvalue weighted by Gasteiger charge is -2.41. The Hall–Kier alpha value is -3.50. The SMILES string of the molecule is C.COC(=O)C12CN(Cc3ccccc3)CC1(CCCB1OC(C)(C)C(C)(C)O1)CCN2C(=O)OCc1ccccc1.COC(=O)C12CNCC1(CCCB1OC(C)(C)C(C)(C)O1)CCN2. The van der Waals surface area contributed by atoms with Crippen molar-refractivity contribution >= 4 is 32.3 Å². The van der Waals surface area contributed by atoms with Gasteiger partial charge in [-0.15, -0.1) is 0 Å². The van der Waals surface area contributed by atoms with Gasteiger partial charge in [0.15, 0.2) is 5.54 Å². The van der Waals surface area contributed by atoms with Crippen LogP contribution in [0, 0.1) is 10.8 Å². The molecular weight excluding hydrogens is 838 g/mol. The number of methoxy groups -OCH3 is 2. The van der Waals surface area contributed by atoms with Crippen LogP contribution in [-0.4, -0.2) is 129 Å². The van der Waals surface area contributed by atoms with E-state index in [1.165, 1.54) is 14.2 Å². The summed E-state index contributed by atoms with van der Waals surface area (Å²) in [6.07, 6.45) is 6.24. The maximum atomic E-state index is 13.9. The third-order valence-corrected chi connectivity index (χ3v) is 16.4. The van der Waals surface area contributed by atoms with Crippen LogP contribution in [0.5, 0.6) is 0 Å². The molecule has 2 aromatic carbocycles. The zero-order valence-corrected chi connectivity index (χ0v) is 40.7. The van der Waals surface area contributed by atoms with Crippen LogP contribution in [0.3, 0.4) is 0 Å². The number of hydrogen-bond donors (Lipinski definition) is 2. The van der Waals surface area contributed by atoms with Crippen LogP contribution in [0.2, 0.25) is 12.6 Å². The third-order valence-electron chi connectivity index (χ3n) is 16.4. The summed E-state index contributed by atoms with van der Waals surface area (Å²) in [5.41, 5.74) is -1.54. The van der Waals surface area contributed by atoms with Crippen LogP contribution < -0.4 is 10.6 Å². The normalized spacial score (nSPS) is 29.9. The average molecular weight is 917 g/mol. The Labute approximate surface area is 395 Å². The van der Waals surface area contributed by atoms with Crippen molar-refractivity contribution in [2.45, 2.75) is 161 Å². The standard InChI is InChI=1S/C32H43BN2O6.C17H31BN2O4.CH4/c1-29(2)30(3,4)41-33(40-29)19-12-17-31-18-20-35(28(37)39-22-26-15-10-7-11-16-26)32(31,27(36)38-5)24-34(23-31)21-25-13-8-6-9-14-25;1-14(2)15(3,4)24-18(23-14)9-6-7-16-8-10-20-17(16,12-19-11-16)13(21)22-5;/h6-11,13-16H,12,17-24H2,1-5H3;19-20H,6-12H2,1-5H3;1H4. The zero-order valence-electron chi connectivity index (χ0n) is 40.7. The van der Waals surface area contributed by atoms with E-state index in [1.807, 2.05) is 48.5 Å². The second-order valence-corrected chi connectivity index (χ2v) is 21.3. The van der Waals surface area contributed by atoms with Crippen molar-refractivity contribution in [1.29, 1.82) is 0 Å².